The van der Waals surface area contributed by atoms with Gasteiger partial charge < -0.3 is 4.90 Å². The Balaban J connectivity index is 1.68. The number of guanidine groups is 1. The second-order valence-electron chi connectivity index (χ2n) is 5.35. The van der Waals surface area contributed by atoms with Gasteiger partial charge in [0.1, 0.15) is 12.5 Å². The maximum atomic E-state index is 6.10. The molecular weight excluding hydrogens is 345 g/mol. The lowest BCUT2D eigenvalue weighted by Gasteiger charge is -2.24. The SMILES string of the molecule is CN1CN=C(NNCc2ccccc2)N=C1c1ccc(Cl)c(Cl)c1. The second-order valence-corrected chi connectivity index (χ2v) is 6.16. The molecule has 7 heteroatoms. The van der Waals surface area contributed by atoms with Gasteiger partial charge in [-0.2, -0.15) is 4.99 Å². The van der Waals surface area contributed by atoms with Crippen LogP contribution in [0.3, 0.4) is 0 Å². The predicted octanol–water partition coefficient (Wildman–Crippen LogP) is 3.29. The van der Waals surface area contributed by atoms with Crippen LogP contribution in [-0.2, 0) is 6.54 Å². The van der Waals surface area contributed by atoms with Gasteiger partial charge in [0.15, 0.2) is 0 Å². The molecule has 1 aliphatic rings. The van der Waals surface area contributed by atoms with E-state index in [0.29, 0.717) is 29.2 Å². The number of benzene rings is 2. The van der Waals surface area contributed by atoms with Crippen molar-refractivity contribution in [3.63, 3.8) is 0 Å². The molecule has 0 aromatic heterocycles. The summed E-state index contributed by atoms with van der Waals surface area (Å²) in [6.45, 7) is 1.18. The first kappa shape index (κ1) is 16.8. The lowest BCUT2D eigenvalue weighted by Crippen LogP contribution is -2.41. The van der Waals surface area contributed by atoms with Crippen LogP contribution >= 0.6 is 23.2 Å². The van der Waals surface area contributed by atoms with Crippen LogP contribution < -0.4 is 10.9 Å². The van der Waals surface area contributed by atoms with Gasteiger partial charge in [0.25, 0.3) is 0 Å². The molecule has 124 valence electrons. The van der Waals surface area contributed by atoms with Gasteiger partial charge in [0, 0.05) is 19.2 Å². The Hall–Kier alpha value is -2.08. The van der Waals surface area contributed by atoms with E-state index in [2.05, 4.69) is 33.0 Å². The van der Waals surface area contributed by atoms with Crippen LogP contribution in [0.1, 0.15) is 11.1 Å². The zero-order valence-electron chi connectivity index (χ0n) is 13.1. The fourth-order valence-corrected chi connectivity index (χ4v) is 2.57. The van der Waals surface area contributed by atoms with Crippen LogP contribution in [0.2, 0.25) is 10.0 Å². The van der Waals surface area contributed by atoms with E-state index in [1.165, 1.54) is 5.56 Å². The molecule has 1 aliphatic heterocycles. The molecule has 2 aromatic carbocycles. The number of rotatable bonds is 4. The summed E-state index contributed by atoms with van der Waals surface area (Å²) < 4.78 is 0. The molecule has 2 aromatic rings. The van der Waals surface area contributed by atoms with Crippen molar-refractivity contribution in [2.45, 2.75) is 6.54 Å². The highest BCUT2D eigenvalue weighted by Crippen LogP contribution is 2.23. The maximum Gasteiger partial charge on any atom is 0.236 e. The van der Waals surface area contributed by atoms with Gasteiger partial charge in [0.2, 0.25) is 5.96 Å². The van der Waals surface area contributed by atoms with Crippen LogP contribution in [0.25, 0.3) is 0 Å². The first-order valence-corrected chi connectivity index (χ1v) is 8.21. The highest BCUT2D eigenvalue weighted by molar-refractivity contribution is 6.42. The Morgan fingerprint density at radius 1 is 1.08 bits per heavy atom. The van der Waals surface area contributed by atoms with Crippen molar-refractivity contribution in [1.82, 2.24) is 15.8 Å². The summed E-state index contributed by atoms with van der Waals surface area (Å²) in [7, 11) is 1.93. The largest absolute Gasteiger partial charge is 0.339 e. The number of aliphatic imine (C=N–C) groups is 2. The first-order valence-electron chi connectivity index (χ1n) is 7.46. The average Bonchev–Trinajstić information content (AvgIpc) is 2.60. The minimum Gasteiger partial charge on any atom is -0.339 e. The molecule has 0 saturated heterocycles. The zero-order chi connectivity index (χ0) is 16.9. The number of nitrogens with zero attached hydrogens (tertiary/aromatic N) is 3. The van der Waals surface area contributed by atoms with Gasteiger partial charge in [-0.25, -0.2) is 10.4 Å². The van der Waals surface area contributed by atoms with E-state index in [0.717, 1.165) is 11.4 Å². The van der Waals surface area contributed by atoms with Gasteiger partial charge in [-0.3, -0.25) is 5.43 Å². The van der Waals surface area contributed by atoms with Crippen molar-refractivity contribution >= 4 is 35.0 Å². The molecule has 1 heterocycles. The molecule has 0 atom stereocenters. The third-order valence-electron chi connectivity index (χ3n) is 3.52. The van der Waals surface area contributed by atoms with Gasteiger partial charge in [0.05, 0.1) is 10.0 Å². The normalized spacial score (nSPS) is 14.2. The average molecular weight is 362 g/mol. The Labute approximate surface area is 151 Å². The number of hydrazine groups is 1. The molecule has 0 amide bonds. The number of halogens is 2. The minimum atomic E-state index is 0.504. The monoisotopic (exact) mass is 361 g/mol. The van der Waals surface area contributed by atoms with Crippen molar-refractivity contribution in [2.75, 3.05) is 13.7 Å². The van der Waals surface area contributed by atoms with E-state index in [1.54, 1.807) is 12.1 Å². The topological polar surface area (TPSA) is 52.0 Å². The van der Waals surface area contributed by atoms with E-state index in [-0.39, 0.29) is 0 Å². The number of nitrogens with one attached hydrogen (secondary N) is 2. The maximum absolute atomic E-state index is 6.10. The second kappa shape index (κ2) is 7.66. The van der Waals surface area contributed by atoms with E-state index >= 15 is 0 Å². The first-order chi connectivity index (χ1) is 11.6. The molecular formula is C17H17Cl2N5. The van der Waals surface area contributed by atoms with Gasteiger partial charge in [-0.1, -0.05) is 53.5 Å². The molecule has 0 saturated carbocycles. The van der Waals surface area contributed by atoms with Crippen molar-refractivity contribution < 1.29 is 0 Å². The van der Waals surface area contributed by atoms with Gasteiger partial charge >= 0.3 is 0 Å². The molecule has 24 heavy (non-hydrogen) atoms. The standard InChI is InChI=1S/C17H17Cl2N5/c1-24-11-20-17(23-21-10-12-5-3-2-4-6-12)22-16(24)13-7-8-14(18)15(19)9-13/h2-9,21H,10-11H2,1H3,(H,20,23). The summed E-state index contributed by atoms with van der Waals surface area (Å²) in [5.41, 5.74) is 8.23. The summed E-state index contributed by atoms with van der Waals surface area (Å²) in [5, 5.41) is 1.03. The summed E-state index contributed by atoms with van der Waals surface area (Å²) in [4.78, 5) is 10.9. The molecule has 0 unspecified atom stereocenters. The van der Waals surface area contributed by atoms with Gasteiger partial charge in [-0.05, 0) is 23.8 Å². The molecule has 3 rings (SSSR count). The Morgan fingerprint density at radius 2 is 1.88 bits per heavy atom. The summed E-state index contributed by atoms with van der Waals surface area (Å²) in [5.74, 6) is 1.32. The lowest BCUT2D eigenvalue weighted by atomic mass is 10.2. The molecule has 0 fully saturated rings. The zero-order valence-corrected chi connectivity index (χ0v) is 14.6. The highest BCUT2D eigenvalue weighted by Gasteiger charge is 2.16. The number of hydrogen-bond donors (Lipinski definition) is 2. The summed E-state index contributed by atoms with van der Waals surface area (Å²) >= 11 is 12.1. The molecule has 0 aliphatic carbocycles. The third-order valence-corrected chi connectivity index (χ3v) is 4.26. The van der Waals surface area contributed by atoms with Gasteiger partial charge in [-0.15, -0.1) is 0 Å². The van der Waals surface area contributed by atoms with Crippen LogP contribution in [0.4, 0.5) is 0 Å². The quantitative estimate of drug-likeness (QED) is 0.821. The van der Waals surface area contributed by atoms with Crippen molar-refractivity contribution in [2.24, 2.45) is 9.98 Å². The van der Waals surface area contributed by atoms with Crippen LogP contribution in [0.15, 0.2) is 58.5 Å². The van der Waals surface area contributed by atoms with Crippen molar-refractivity contribution in [3.8, 4) is 0 Å². The van der Waals surface area contributed by atoms with Crippen LogP contribution in [-0.4, -0.2) is 30.4 Å². The Kier molecular flexibility index (Phi) is 5.35. The molecule has 0 spiro atoms. The summed E-state index contributed by atoms with van der Waals surface area (Å²) in [6, 6.07) is 15.6. The fourth-order valence-electron chi connectivity index (χ4n) is 2.27. The molecule has 2 N–H and O–H groups in total. The minimum absolute atomic E-state index is 0.504. The van der Waals surface area contributed by atoms with E-state index in [1.807, 2.05) is 36.2 Å². The fraction of sp³-hybridized carbons (Fsp3) is 0.176. The smallest absolute Gasteiger partial charge is 0.236 e. The molecule has 5 nitrogen and oxygen atoms in total. The predicted molar refractivity (Wildman–Crippen MR) is 99.5 cm³/mol. The van der Waals surface area contributed by atoms with E-state index in [4.69, 9.17) is 23.2 Å². The summed E-state index contributed by atoms with van der Waals surface area (Å²) in [6.07, 6.45) is 0. The molecule has 0 radical (unpaired) electrons. The van der Waals surface area contributed by atoms with Crippen molar-refractivity contribution in [3.05, 3.63) is 69.7 Å². The highest BCUT2D eigenvalue weighted by atomic mass is 35.5. The number of amidine groups is 1. The van der Waals surface area contributed by atoms with E-state index in [9.17, 15) is 0 Å². The van der Waals surface area contributed by atoms with Crippen LogP contribution in [0, 0.1) is 0 Å². The number of hydrogen-bond acceptors (Lipinski definition) is 5. The van der Waals surface area contributed by atoms with E-state index < -0.39 is 0 Å². The Morgan fingerprint density at radius 3 is 2.62 bits per heavy atom. The van der Waals surface area contributed by atoms with Crippen LogP contribution in [0.5, 0.6) is 0 Å². The lowest BCUT2D eigenvalue weighted by molar-refractivity contribution is 0.509. The third kappa shape index (κ3) is 4.06. The molecule has 0 bridgehead atoms. The van der Waals surface area contributed by atoms with Crippen molar-refractivity contribution in [1.29, 1.82) is 0 Å². The Bertz CT molecular complexity index is 774.